The van der Waals surface area contributed by atoms with Gasteiger partial charge in [0.25, 0.3) is 0 Å². The zero-order chi connectivity index (χ0) is 19.1. The molecule has 0 N–H and O–H groups in total. The topological polar surface area (TPSA) is 0 Å². The maximum Gasteiger partial charge on any atom is 1.00 e. The molecule has 0 unspecified atom stereocenters. The summed E-state index contributed by atoms with van der Waals surface area (Å²) in [6.45, 7) is 27.9. The molecule has 0 heterocycles. The standard InChI is InChI=1S/C12H23.C7H13.2C2H6.CH3.K/c1-4-5-6-7-8-9-10-11-12(2)3;1-5-6-7(2,3)4;2*1-2;;/h1-2,4-11H2,3H3;5-6H,1H2,2-4H3;2*1-2H3;1H3;/q2*-1;;;-1;+1. The van der Waals surface area contributed by atoms with Crippen molar-refractivity contribution in [2.24, 2.45) is 5.41 Å². The summed E-state index contributed by atoms with van der Waals surface area (Å²) in [5.74, 6) is 0. The molecule has 0 fully saturated rings. The average Bonchev–Trinajstić information content (AvgIpc) is 2.49. The van der Waals surface area contributed by atoms with Crippen molar-refractivity contribution in [3.63, 3.8) is 0 Å². The van der Waals surface area contributed by atoms with Crippen LogP contribution in [0, 0.1) is 26.2 Å². The first-order chi connectivity index (χ1) is 10.8. The Morgan fingerprint density at radius 3 is 1.52 bits per heavy atom. The largest absolute Gasteiger partial charge is 1.00 e. The van der Waals surface area contributed by atoms with Crippen molar-refractivity contribution >= 4 is 0 Å². The van der Waals surface area contributed by atoms with E-state index in [4.69, 9.17) is 0 Å². The van der Waals surface area contributed by atoms with Gasteiger partial charge in [0.1, 0.15) is 0 Å². The van der Waals surface area contributed by atoms with E-state index in [1.54, 1.807) is 0 Å². The smallest absolute Gasteiger partial charge is 0.358 e. The predicted octanol–water partition coefficient (Wildman–Crippen LogP) is 6.45. The van der Waals surface area contributed by atoms with Crippen LogP contribution in [0.15, 0.2) is 24.8 Å². The van der Waals surface area contributed by atoms with Crippen LogP contribution >= 0.6 is 0 Å². The molecule has 0 radical (unpaired) electrons. The summed E-state index contributed by atoms with van der Waals surface area (Å²) in [6, 6.07) is 0. The number of hydrogen-bond donors (Lipinski definition) is 0. The zero-order valence-electron chi connectivity index (χ0n) is 19.9. The number of rotatable bonds is 9. The molecule has 0 aliphatic rings. The second-order valence-electron chi connectivity index (χ2n) is 6.45. The first-order valence-electron chi connectivity index (χ1n) is 9.74. The third kappa shape index (κ3) is 67.5. The van der Waals surface area contributed by atoms with Crippen LogP contribution in [-0.2, 0) is 0 Å². The van der Waals surface area contributed by atoms with Gasteiger partial charge in [0, 0.05) is 0 Å². The summed E-state index contributed by atoms with van der Waals surface area (Å²) in [7, 11) is 0. The third-order valence-corrected chi connectivity index (χ3v) is 2.72. The Morgan fingerprint density at radius 2 is 1.28 bits per heavy atom. The van der Waals surface area contributed by atoms with Crippen molar-refractivity contribution in [3.05, 3.63) is 45.6 Å². The molecule has 25 heavy (non-hydrogen) atoms. The van der Waals surface area contributed by atoms with E-state index in [1.165, 1.54) is 50.5 Å². The Balaban J connectivity index is -0.0000000602. The van der Waals surface area contributed by atoms with Gasteiger partial charge in [-0.2, -0.15) is 6.42 Å². The minimum absolute atomic E-state index is 0. The summed E-state index contributed by atoms with van der Waals surface area (Å²) >= 11 is 0. The molecule has 1 heteroatoms. The summed E-state index contributed by atoms with van der Waals surface area (Å²) in [5, 5.41) is 0. The molecule has 0 saturated heterocycles. The molecule has 0 aromatic carbocycles. The molecule has 0 spiro atoms. The monoisotopic (exact) mass is 378 g/mol. The number of allylic oxidation sites excluding steroid dienone is 2. The Labute approximate surface area is 207 Å². The first-order valence-corrected chi connectivity index (χ1v) is 9.74. The van der Waals surface area contributed by atoms with Gasteiger partial charge < -0.3 is 14.4 Å². The fraction of sp³-hybridized carbons (Fsp3) is 0.708. The molecule has 0 nitrogen and oxygen atoms in total. The second-order valence-corrected chi connectivity index (χ2v) is 6.45. The quantitative estimate of drug-likeness (QED) is 0.187. The van der Waals surface area contributed by atoms with Gasteiger partial charge in [-0.3, -0.25) is 0 Å². The molecule has 0 rings (SSSR count). The van der Waals surface area contributed by atoms with Crippen LogP contribution in [0.5, 0.6) is 0 Å². The minimum atomic E-state index is 0. The van der Waals surface area contributed by atoms with Gasteiger partial charge in [-0.25, -0.2) is 19.1 Å². The van der Waals surface area contributed by atoms with Crippen LogP contribution in [0.2, 0.25) is 0 Å². The van der Waals surface area contributed by atoms with Crippen LogP contribution in [0.1, 0.15) is 107 Å². The van der Waals surface area contributed by atoms with Gasteiger partial charge in [-0.05, 0) is 19.8 Å². The molecule has 0 atom stereocenters. The van der Waals surface area contributed by atoms with E-state index >= 15 is 0 Å². The predicted molar refractivity (Wildman–Crippen MR) is 120 cm³/mol. The van der Waals surface area contributed by atoms with Crippen molar-refractivity contribution < 1.29 is 51.4 Å². The van der Waals surface area contributed by atoms with Gasteiger partial charge >= 0.3 is 51.4 Å². The second kappa shape index (κ2) is 36.0. The molecule has 150 valence electrons. The minimum Gasteiger partial charge on any atom is -0.358 e. The van der Waals surface area contributed by atoms with Gasteiger partial charge in [-0.15, -0.1) is 6.58 Å². The van der Waals surface area contributed by atoms with Crippen molar-refractivity contribution in [2.45, 2.75) is 107 Å². The van der Waals surface area contributed by atoms with Gasteiger partial charge in [0.2, 0.25) is 0 Å². The summed E-state index contributed by atoms with van der Waals surface area (Å²) < 4.78 is 0. The van der Waals surface area contributed by atoms with E-state index in [-0.39, 0.29) is 58.8 Å². The summed E-state index contributed by atoms with van der Waals surface area (Å²) in [6.07, 6.45) is 14.4. The average molecular weight is 379 g/mol. The summed E-state index contributed by atoms with van der Waals surface area (Å²) in [5.41, 5.74) is 1.63. The Morgan fingerprint density at radius 1 is 0.920 bits per heavy atom. The van der Waals surface area contributed by atoms with Gasteiger partial charge in [0.05, 0.1) is 0 Å². The van der Waals surface area contributed by atoms with Crippen molar-refractivity contribution in [3.8, 4) is 0 Å². The van der Waals surface area contributed by atoms with Gasteiger partial charge in [0.15, 0.2) is 0 Å². The van der Waals surface area contributed by atoms with Crippen molar-refractivity contribution in [2.75, 3.05) is 0 Å². The maximum atomic E-state index is 3.89. The molecule has 0 aliphatic heterocycles. The fourth-order valence-corrected chi connectivity index (χ4v) is 1.66. The van der Waals surface area contributed by atoms with E-state index in [0.717, 1.165) is 6.42 Å². The van der Waals surface area contributed by atoms with E-state index in [0.29, 0.717) is 5.41 Å². The Bertz CT molecular complexity index is 211. The fourth-order valence-electron chi connectivity index (χ4n) is 1.66. The van der Waals surface area contributed by atoms with E-state index in [9.17, 15) is 0 Å². The first kappa shape index (κ1) is 40.6. The molecule has 0 aromatic rings. The SMILES string of the molecule is C=C(C)CCCCCCCC[CH2-].C=C[CH-]C(C)(C)C.CC.CC.[CH3-].[K+]. The molecule has 0 aliphatic carbocycles. The van der Waals surface area contributed by atoms with Crippen LogP contribution in [0.3, 0.4) is 0 Å². The maximum absolute atomic E-state index is 3.89. The molecular weight excluding hydrogens is 327 g/mol. The molecular formula is C24H51K-2. The molecule has 0 amide bonds. The zero-order valence-corrected chi connectivity index (χ0v) is 23.1. The Kier molecular flexibility index (Phi) is 58.5. The normalized spacial score (nSPS) is 8.36. The number of unbranched alkanes of at least 4 members (excludes halogenated alkanes) is 6. The van der Waals surface area contributed by atoms with Crippen LogP contribution in [0.4, 0.5) is 0 Å². The third-order valence-electron chi connectivity index (χ3n) is 2.72. The van der Waals surface area contributed by atoms with Crippen LogP contribution < -0.4 is 51.4 Å². The van der Waals surface area contributed by atoms with Crippen LogP contribution in [-0.4, -0.2) is 0 Å². The van der Waals surface area contributed by atoms with Gasteiger partial charge in [-0.1, -0.05) is 91.6 Å². The van der Waals surface area contributed by atoms with Crippen LogP contribution in [0.25, 0.3) is 0 Å². The van der Waals surface area contributed by atoms with E-state index < -0.39 is 0 Å². The van der Waals surface area contributed by atoms with E-state index in [2.05, 4.69) is 54.2 Å². The van der Waals surface area contributed by atoms with E-state index in [1.807, 2.05) is 33.8 Å². The molecule has 0 saturated carbocycles. The molecule has 0 aromatic heterocycles. The molecule has 0 bridgehead atoms. The van der Waals surface area contributed by atoms with Crippen molar-refractivity contribution in [1.82, 2.24) is 0 Å². The number of hydrogen-bond acceptors (Lipinski definition) is 0. The summed E-state index contributed by atoms with van der Waals surface area (Å²) in [4.78, 5) is 0. The van der Waals surface area contributed by atoms with Crippen molar-refractivity contribution in [1.29, 1.82) is 0 Å². The Hall–Kier alpha value is 0.986.